The van der Waals surface area contributed by atoms with Crippen molar-refractivity contribution in [3.63, 3.8) is 0 Å². The van der Waals surface area contributed by atoms with E-state index in [9.17, 15) is 22.0 Å². The number of aromatic nitrogens is 2. The molecule has 0 radical (unpaired) electrons. The first kappa shape index (κ1) is 21.8. The Kier molecular flexibility index (Phi) is 5.89. The molecule has 0 N–H and O–H groups in total. The van der Waals surface area contributed by atoms with Crippen LogP contribution in [0, 0.1) is 11.6 Å². The molecule has 3 rings (SSSR count). The molecule has 0 aliphatic carbocycles. The van der Waals surface area contributed by atoms with E-state index in [0.29, 0.717) is 29.7 Å². The third kappa shape index (κ3) is 4.04. The topological polar surface area (TPSA) is 79.5 Å². The maximum absolute atomic E-state index is 14.7. The van der Waals surface area contributed by atoms with Crippen molar-refractivity contribution < 1.29 is 26.7 Å². The molecule has 0 aliphatic heterocycles. The van der Waals surface area contributed by atoms with Crippen LogP contribution in [-0.2, 0) is 16.9 Å². The highest BCUT2D eigenvalue weighted by Crippen LogP contribution is 2.33. The zero-order valence-electron chi connectivity index (χ0n) is 17.0. The zero-order chi connectivity index (χ0) is 22.2. The average Bonchev–Trinajstić information content (AvgIpc) is 2.91. The van der Waals surface area contributed by atoms with Crippen LogP contribution in [0.2, 0.25) is 0 Å². The van der Waals surface area contributed by atoms with Gasteiger partial charge in [0.2, 0.25) is 0 Å². The lowest BCUT2D eigenvalue weighted by Crippen LogP contribution is -2.31. The number of nitrogens with zero attached hydrogens (tertiary/aromatic N) is 2. The molecule has 0 saturated carbocycles. The number of ether oxygens (including phenoxy) is 2. The monoisotopic (exact) mass is 440 g/mol. The van der Waals surface area contributed by atoms with Gasteiger partial charge >= 0.3 is 5.69 Å². The van der Waals surface area contributed by atoms with Gasteiger partial charge in [-0.1, -0.05) is 6.07 Å². The molecular weight excluding hydrogens is 418 g/mol. The van der Waals surface area contributed by atoms with Gasteiger partial charge < -0.3 is 9.47 Å². The van der Waals surface area contributed by atoms with Crippen LogP contribution >= 0.6 is 0 Å². The molecule has 7 nitrogen and oxygen atoms in total. The van der Waals surface area contributed by atoms with Crippen LogP contribution in [0.4, 0.5) is 8.78 Å². The lowest BCUT2D eigenvalue weighted by atomic mass is 10.1. The SMILES string of the molecule is CCOc1cc([C@@H](CS(C)(=O)=O)n2c(=O)n(C)c3cc(F)cc(F)c32)ccc1OC. The van der Waals surface area contributed by atoms with Gasteiger partial charge in [-0.15, -0.1) is 0 Å². The van der Waals surface area contributed by atoms with Crippen molar-refractivity contribution in [2.75, 3.05) is 25.7 Å². The van der Waals surface area contributed by atoms with Gasteiger partial charge in [-0.05, 0) is 24.6 Å². The summed E-state index contributed by atoms with van der Waals surface area (Å²) in [6.45, 7) is 2.11. The number of sulfone groups is 1. The first-order valence-electron chi connectivity index (χ1n) is 9.11. The van der Waals surface area contributed by atoms with Gasteiger partial charge in [0, 0.05) is 25.4 Å². The summed E-state index contributed by atoms with van der Waals surface area (Å²) in [6, 6.07) is 5.36. The Hall–Kier alpha value is -2.88. The summed E-state index contributed by atoms with van der Waals surface area (Å²) in [4.78, 5) is 13.0. The van der Waals surface area contributed by atoms with Crippen molar-refractivity contribution >= 4 is 20.9 Å². The fourth-order valence-corrected chi connectivity index (χ4v) is 4.39. The van der Waals surface area contributed by atoms with Gasteiger partial charge in [0.05, 0.1) is 31.0 Å². The molecule has 1 aromatic heterocycles. The Morgan fingerprint density at radius 3 is 2.43 bits per heavy atom. The van der Waals surface area contributed by atoms with Gasteiger partial charge in [-0.3, -0.25) is 9.13 Å². The number of fused-ring (bicyclic) bond motifs is 1. The number of rotatable bonds is 7. The minimum Gasteiger partial charge on any atom is -0.493 e. The molecule has 10 heteroatoms. The summed E-state index contributed by atoms with van der Waals surface area (Å²) in [6.07, 6.45) is 1.03. The van der Waals surface area contributed by atoms with Crippen molar-refractivity contribution in [3.05, 3.63) is 58.0 Å². The van der Waals surface area contributed by atoms with E-state index in [4.69, 9.17) is 9.47 Å². The molecule has 0 bridgehead atoms. The molecule has 162 valence electrons. The molecule has 0 saturated heterocycles. The number of imidazole rings is 1. The van der Waals surface area contributed by atoms with Crippen LogP contribution in [0.25, 0.3) is 11.0 Å². The lowest BCUT2D eigenvalue weighted by molar-refractivity contribution is 0.310. The minimum atomic E-state index is -3.60. The zero-order valence-corrected chi connectivity index (χ0v) is 17.8. The summed E-state index contributed by atoms with van der Waals surface area (Å²) < 4.78 is 65.8. The maximum atomic E-state index is 14.7. The quantitative estimate of drug-likeness (QED) is 0.564. The van der Waals surface area contributed by atoms with Crippen LogP contribution in [0.5, 0.6) is 11.5 Å². The van der Waals surface area contributed by atoms with Crippen LogP contribution < -0.4 is 15.2 Å². The van der Waals surface area contributed by atoms with Crippen molar-refractivity contribution in [2.24, 2.45) is 7.05 Å². The maximum Gasteiger partial charge on any atom is 0.329 e. The molecule has 0 unspecified atom stereocenters. The highest BCUT2D eigenvalue weighted by atomic mass is 32.2. The van der Waals surface area contributed by atoms with Crippen molar-refractivity contribution in [1.29, 1.82) is 0 Å². The minimum absolute atomic E-state index is 0.0227. The summed E-state index contributed by atoms with van der Waals surface area (Å²) in [5.41, 5.74) is -0.416. The van der Waals surface area contributed by atoms with Gasteiger partial charge in [0.1, 0.15) is 21.2 Å². The van der Waals surface area contributed by atoms with Crippen LogP contribution in [-0.4, -0.2) is 43.3 Å². The molecule has 0 fully saturated rings. The Morgan fingerprint density at radius 2 is 1.83 bits per heavy atom. The number of benzene rings is 2. The van der Waals surface area contributed by atoms with E-state index in [1.54, 1.807) is 25.1 Å². The predicted octanol–water partition coefficient (Wildman–Crippen LogP) is 2.66. The van der Waals surface area contributed by atoms with Gasteiger partial charge in [-0.2, -0.15) is 0 Å². The first-order chi connectivity index (χ1) is 14.1. The van der Waals surface area contributed by atoms with Crippen LogP contribution in [0.15, 0.2) is 35.1 Å². The summed E-state index contributed by atoms with van der Waals surface area (Å²) >= 11 is 0. The predicted molar refractivity (Wildman–Crippen MR) is 109 cm³/mol. The molecule has 0 aliphatic rings. The molecule has 30 heavy (non-hydrogen) atoms. The molecule has 3 aromatic rings. The largest absolute Gasteiger partial charge is 0.493 e. The third-order valence-electron chi connectivity index (χ3n) is 4.75. The summed E-state index contributed by atoms with van der Waals surface area (Å²) in [5, 5.41) is 0. The second-order valence-electron chi connectivity index (χ2n) is 6.92. The second-order valence-corrected chi connectivity index (χ2v) is 9.10. The van der Waals surface area contributed by atoms with E-state index in [2.05, 4.69) is 0 Å². The van der Waals surface area contributed by atoms with E-state index in [1.807, 2.05) is 0 Å². The van der Waals surface area contributed by atoms with E-state index in [0.717, 1.165) is 21.5 Å². The fourth-order valence-electron chi connectivity index (χ4n) is 3.47. The lowest BCUT2D eigenvalue weighted by Gasteiger charge is -2.20. The van der Waals surface area contributed by atoms with Gasteiger partial charge in [0.15, 0.2) is 17.3 Å². The summed E-state index contributed by atoms with van der Waals surface area (Å²) in [5.74, 6) is -1.48. The molecule has 2 aromatic carbocycles. The number of methoxy groups -OCH3 is 1. The number of hydrogen-bond acceptors (Lipinski definition) is 5. The van der Waals surface area contributed by atoms with E-state index in [-0.39, 0.29) is 11.0 Å². The molecule has 0 spiro atoms. The molecule has 0 amide bonds. The standard InChI is InChI=1S/C20H22F2N2O5S/c1-5-29-18-8-12(6-7-17(18)28-3)16(11-30(4,26)27)24-19-14(22)9-13(21)10-15(19)23(2)20(24)25/h6-10,16H,5,11H2,1-4H3/t16-/m1/s1. The Labute approximate surface area is 172 Å². The van der Waals surface area contributed by atoms with Crippen molar-refractivity contribution in [1.82, 2.24) is 9.13 Å². The van der Waals surface area contributed by atoms with E-state index < -0.39 is 39.0 Å². The number of halogens is 2. The van der Waals surface area contributed by atoms with E-state index in [1.165, 1.54) is 14.2 Å². The molecule has 1 atom stereocenters. The smallest absolute Gasteiger partial charge is 0.329 e. The van der Waals surface area contributed by atoms with Crippen LogP contribution in [0.3, 0.4) is 0 Å². The highest BCUT2D eigenvalue weighted by molar-refractivity contribution is 7.90. The Bertz CT molecular complexity index is 1260. The fraction of sp³-hybridized carbons (Fsp3) is 0.350. The number of aryl methyl sites for hydroxylation is 1. The summed E-state index contributed by atoms with van der Waals surface area (Å²) in [7, 11) is -0.760. The normalized spacial score (nSPS) is 12.9. The second kappa shape index (κ2) is 8.10. The molecule has 1 heterocycles. The van der Waals surface area contributed by atoms with Crippen molar-refractivity contribution in [2.45, 2.75) is 13.0 Å². The van der Waals surface area contributed by atoms with Gasteiger partial charge in [0.25, 0.3) is 0 Å². The Morgan fingerprint density at radius 1 is 1.13 bits per heavy atom. The third-order valence-corrected chi connectivity index (χ3v) is 5.67. The Balaban J connectivity index is 2.34. The van der Waals surface area contributed by atoms with Crippen LogP contribution in [0.1, 0.15) is 18.5 Å². The highest BCUT2D eigenvalue weighted by Gasteiger charge is 2.27. The first-order valence-corrected chi connectivity index (χ1v) is 11.2. The molecular formula is C20H22F2N2O5S. The van der Waals surface area contributed by atoms with E-state index >= 15 is 0 Å². The van der Waals surface area contributed by atoms with Gasteiger partial charge in [-0.25, -0.2) is 22.0 Å². The average molecular weight is 440 g/mol. The number of hydrogen-bond donors (Lipinski definition) is 0. The van der Waals surface area contributed by atoms with Crippen molar-refractivity contribution in [3.8, 4) is 11.5 Å².